The second-order valence-corrected chi connectivity index (χ2v) is 4.82. The minimum Gasteiger partial charge on any atom is -0.480 e. The second kappa shape index (κ2) is 8.14. The molecule has 0 atom stereocenters. The van der Waals surface area contributed by atoms with Gasteiger partial charge in [0.2, 0.25) is 0 Å². The highest BCUT2D eigenvalue weighted by Crippen LogP contribution is 2.22. The smallest absolute Gasteiger partial charge is 0.344 e. The monoisotopic (exact) mass is 337 g/mol. The van der Waals surface area contributed by atoms with Gasteiger partial charge in [0.25, 0.3) is 5.91 Å². The lowest BCUT2D eigenvalue weighted by Crippen LogP contribution is -2.24. The molecule has 5 nitrogen and oxygen atoms in total. The Labute approximate surface area is 137 Å². The van der Waals surface area contributed by atoms with Crippen LogP contribution >= 0.6 is 11.6 Å². The summed E-state index contributed by atoms with van der Waals surface area (Å²) < 4.78 is 23.2. The summed E-state index contributed by atoms with van der Waals surface area (Å²) in [5, 5.41) is 2.65. The summed E-state index contributed by atoms with van der Waals surface area (Å²) in [5.41, 5.74) is 0.0147. The normalized spacial score (nSPS) is 10.0. The van der Waals surface area contributed by atoms with E-state index < -0.39 is 30.9 Å². The van der Waals surface area contributed by atoms with Gasteiger partial charge >= 0.3 is 5.97 Å². The SMILES string of the molecule is O=C(COC(=O)COc1ccccc1Cl)Nc1ccccc1F. The van der Waals surface area contributed by atoms with E-state index in [4.69, 9.17) is 21.1 Å². The molecule has 0 aliphatic heterocycles. The van der Waals surface area contributed by atoms with Crippen molar-refractivity contribution in [1.82, 2.24) is 0 Å². The Kier molecular flexibility index (Phi) is 5.94. The first-order valence-electron chi connectivity index (χ1n) is 6.63. The Hall–Kier alpha value is -2.60. The van der Waals surface area contributed by atoms with Crippen molar-refractivity contribution in [2.24, 2.45) is 0 Å². The van der Waals surface area contributed by atoms with E-state index in [2.05, 4.69) is 5.32 Å². The highest BCUT2D eigenvalue weighted by atomic mass is 35.5. The second-order valence-electron chi connectivity index (χ2n) is 4.41. The van der Waals surface area contributed by atoms with Crippen LogP contribution in [0, 0.1) is 5.82 Å². The molecule has 0 bridgehead atoms. The molecule has 0 aromatic heterocycles. The van der Waals surface area contributed by atoms with Gasteiger partial charge in [0, 0.05) is 0 Å². The third-order valence-electron chi connectivity index (χ3n) is 2.69. The highest BCUT2D eigenvalue weighted by Gasteiger charge is 2.11. The Morgan fingerprint density at radius 1 is 1.04 bits per heavy atom. The molecule has 23 heavy (non-hydrogen) atoms. The third kappa shape index (κ3) is 5.27. The van der Waals surface area contributed by atoms with E-state index in [1.807, 2.05) is 0 Å². The van der Waals surface area contributed by atoms with Gasteiger partial charge in [-0.05, 0) is 24.3 Å². The van der Waals surface area contributed by atoms with Crippen molar-refractivity contribution >= 4 is 29.2 Å². The van der Waals surface area contributed by atoms with Crippen LogP contribution in [0.25, 0.3) is 0 Å². The molecule has 2 rings (SSSR count). The molecule has 2 aromatic carbocycles. The number of esters is 1. The summed E-state index contributed by atoms with van der Waals surface area (Å²) in [7, 11) is 0. The lowest BCUT2D eigenvalue weighted by Gasteiger charge is -2.09. The maximum absolute atomic E-state index is 13.3. The average Bonchev–Trinajstić information content (AvgIpc) is 2.54. The van der Waals surface area contributed by atoms with Crippen molar-refractivity contribution in [2.45, 2.75) is 0 Å². The minimum absolute atomic E-state index is 0.0147. The molecule has 0 aliphatic rings. The lowest BCUT2D eigenvalue weighted by atomic mass is 10.3. The number of halogens is 2. The Balaban J connectivity index is 1.75. The zero-order valence-corrected chi connectivity index (χ0v) is 12.7. The molecule has 7 heteroatoms. The maximum atomic E-state index is 13.3. The molecule has 0 unspecified atom stereocenters. The van der Waals surface area contributed by atoms with Crippen LogP contribution in [0.4, 0.5) is 10.1 Å². The van der Waals surface area contributed by atoms with E-state index in [0.29, 0.717) is 10.8 Å². The van der Waals surface area contributed by atoms with Crippen molar-refractivity contribution in [3.05, 3.63) is 59.4 Å². The molecule has 1 amide bonds. The van der Waals surface area contributed by atoms with Crippen molar-refractivity contribution in [3.8, 4) is 5.75 Å². The van der Waals surface area contributed by atoms with Crippen LogP contribution < -0.4 is 10.1 Å². The van der Waals surface area contributed by atoms with Gasteiger partial charge in [-0.25, -0.2) is 9.18 Å². The van der Waals surface area contributed by atoms with Crippen LogP contribution in [0.5, 0.6) is 5.75 Å². The Morgan fingerprint density at radius 3 is 2.48 bits per heavy atom. The first kappa shape index (κ1) is 16.8. The molecule has 0 spiro atoms. The standard InChI is InChI=1S/C16H13ClFNO4/c17-11-5-1-4-8-14(11)22-10-16(21)23-9-15(20)19-13-7-3-2-6-12(13)18/h1-8H,9-10H2,(H,19,20). The van der Waals surface area contributed by atoms with Crippen LogP contribution in [-0.2, 0) is 14.3 Å². The minimum atomic E-state index is -0.742. The topological polar surface area (TPSA) is 64.6 Å². The van der Waals surface area contributed by atoms with Crippen LogP contribution in [0.2, 0.25) is 5.02 Å². The van der Waals surface area contributed by atoms with Crippen LogP contribution in [0.3, 0.4) is 0 Å². The zero-order valence-electron chi connectivity index (χ0n) is 11.9. The summed E-state index contributed by atoms with van der Waals surface area (Å²) in [4.78, 5) is 23.1. The summed E-state index contributed by atoms with van der Waals surface area (Å²) in [6.45, 7) is -0.935. The summed E-state index contributed by atoms with van der Waals surface area (Å²) in [6, 6.07) is 12.3. The van der Waals surface area contributed by atoms with Crippen molar-refractivity contribution in [3.63, 3.8) is 0 Å². The van der Waals surface area contributed by atoms with Gasteiger partial charge in [-0.3, -0.25) is 4.79 Å². The lowest BCUT2D eigenvalue weighted by molar-refractivity contribution is -0.149. The number of nitrogens with one attached hydrogen (secondary N) is 1. The van der Waals surface area contributed by atoms with E-state index in [0.717, 1.165) is 0 Å². The van der Waals surface area contributed by atoms with E-state index in [1.54, 1.807) is 30.3 Å². The van der Waals surface area contributed by atoms with Crippen molar-refractivity contribution < 1.29 is 23.5 Å². The number of carbonyl (C=O) groups excluding carboxylic acids is 2. The first-order valence-corrected chi connectivity index (χ1v) is 7.01. The van der Waals surface area contributed by atoms with E-state index in [9.17, 15) is 14.0 Å². The fraction of sp³-hybridized carbons (Fsp3) is 0.125. The molecule has 0 saturated heterocycles. The molecular weight excluding hydrogens is 325 g/mol. The fourth-order valence-electron chi connectivity index (χ4n) is 1.64. The molecule has 0 radical (unpaired) electrons. The highest BCUT2D eigenvalue weighted by molar-refractivity contribution is 6.32. The molecule has 1 N–H and O–H groups in total. The number of hydrogen-bond donors (Lipinski definition) is 1. The van der Waals surface area contributed by atoms with E-state index in [1.165, 1.54) is 18.2 Å². The molecule has 2 aromatic rings. The van der Waals surface area contributed by atoms with Crippen molar-refractivity contribution in [1.29, 1.82) is 0 Å². The Morgan fingerprint density at radius 2 is 1.74 bits per heavy atom. The number of anilines is 1. The van der Waals surface area contributed by atoms with Gasteiger partial charge in [0.15, 0.2) is 13.2 Å². The molecule has 120 valence electrons. The number of rotatable bonds is 6. The van der Waals surface area contributed by atoms with Crippen LogP contribution in [-0.4, -0.2) is 25.1 Å². The van der Waals surface area contributed by atoms with Gasteiger partial charge in [0.05, 0.1) is 10.7 Å². The number of benzene rings is 2. The number of hydrogen-bond acceptors (Lipinski definition) is 4. The quantitative estimate of drug-likeness (QED) is 0.823. The van der Waals surface area contributed by atoms with Gasteiger partial charge in [-0.15, -0.1) is 0 Å². The van der Waals surface area contributed by atoms with Gasteiger partial charge in [-0.2, -0.15) is 0 Å². The molecule has 0 heterocycles. The number of ether oxygens (including phenoxy) is 2. The zero-order chi connectivity index (χ0) is 16.7. The number of amides is 1. The maximum Gasteiger partial charge on any atom is 0.344 e. The largest absolute Gasteiger partial charge is 0.480 e. The molecular formula is C16H13ClFNO4. The predicted molar refractivity (Wildman–Crippen MR) is 82.9 cm³/mol. The summed E-state index contributed by atoms with van der Waals surface area (Å²) in [5.74, 6) is -1.63. The van der Waals surface area contributed by atoms with Gasteiger partial charge in [0.1, 0.15) is 11.6 Å². The molecule has 0 aliphatic carbocycles. The first-order chi connectivity index (χ1) is 11.1. The number of carbonyl (C=O) groups is 2. The third-order valence-corrected chi connectivity index (χ3v) is 3.01. The van der Waals surface area contributed by atoms with E-state index >= 15 is 0 Å². The van der Waals surface area contributed by atoms with Crippen LogP contribution in [0.1, 0.15) is 0 Å². The Bertz CT molecular complexity index is 708. The van der Waals surface area contributed by atoms with Gasteiger partial charge < -0.3 is 14.8 Å². The predicted octanol–water partition coefficient (Wildman–Crippen LogP) is 3.04. The van der Waals surface area contributed by atoms with Crippen molar-refractivity contribution in [2.75, 3.05) is 18.5 Å². The number of para-hydroxylation sites is 2. The summed E-state index contributed by atoms with van der Waals surface area (Å²) >= 11 is 5.86. The van der Waals surface area contributed by atoms with Crippen LogP contribution in [0.15, 0.2) is 48.5 Å². The average molecular weight is 338 g/mol. The molecule has 0 saturated carbocycles. The fourth-order valence-corrected chi connectivity index (χ4v) is 1.83. The van der Waals surface area contributed by atoms with Gasteiger partial charge in [-0.1, -0.05) is 35.9 Å². The molecule has 0 fully saturated rings. The summed E-state index contributed by atoms with van der Waals surface area (Å²) in [6.07, 6.45) is 0. The van der Waals surface area contributed by atoms with E-state index in [-0.39, 0.29) is 5.69 Å².